The van der Waals surface area contributed by atoms with E-state index in [2.05, 4.69) is 24.4 Å². The molecule has 0 heterocycles. The maximum absolute atomic E-state index is 11.7. The minimum atomic E-state index is -0.112. The van der Waals surface area contributed by atoms with E-state index in [0.29, 0.717) is 13.0 Å². The molecule has 1 N–H and O–H groups in total. The van der Waals surface area contributed by atoms with Crippen LogP contribution < -0.4 is 5.32 Å². The number of unbranched alkanes of at least 4 members (excludes halogenated alkanes) is 3. The number of carbonyl (C=O) groups is 1. The summed E-state index contributed by atoms with van der Waals surface area (Å²) < 4.78 is 5.08. The quantitative estimate of drug-likeness (QED) is 0.499. The summed E-state index contributed by atoms with van der Waals surface area (Å²) in [7, 11) is 0. The van der Waals surface area contributed by atoms with Crippen molar-refractivity contribution in [3.8, 4) is 0 Å². The maximum atomic E-state index is 11.7. The highest BCUT2D eigenvalue weighted by molar-refractivity contribution is 5.70. The van der Waals surface area contributed by atoms with Crippen molar-refractivity contribution in [1.82, 2.24) is 5.32 Å². The van der Waals surface area contributed by atoms with Crippen LogP contribution >= 0.6 is 0 Å². The number of rotatable bonds is 11. The van der Waals surface area contributed by atoms with Crippen molar-refractivity contribution in [3.05, 3.63) is 35.9 Å². The zero-order valence-corrected chi connectivity index (χ0v) is 13.4. The minimum absolute atomic E-state index is 0.112. The smallest absolute Gasteiger partial charge is 0.307 e. The molecule has 0 spiro atoms. The highest BCUT2D eigenvalue weighted by Crippen LogP contribution is 2.07. The van der Waals surface area contributed by atoms with Crippen LogP contribution in [0.15, 0.2) is 30.3 Å². The van der Waals surface area contributed by atoms with Gasteiger partial charge in [-0.2, -0.15) is 0 Å². The van der Waals surface area contributed by atoms with Crippen LogP contribution in [-0.4, -0.2) is 25.2 Å². The van der Waals surface area contributed by atoms with Crippen LogP contribution in [0.4, 0.5) is 0 Å². The Morgan fingerprint density at radius 3 is 2.57 bits per heavy atom. The molecule has 0 aromatic heterocycles. The van der Waals surface area contributed by atoms with E-state index in [0.717, 1.165) is 13.0 Å². The van der Waals surface area contributed by atoms with E-state index < -0.39 is 0 Å². The lowest BCUT2D eigenvalue weighted by atomic mass is 10.0. The fourth-order valence-corrected chi connectivity index (χ4v) is 2.39. The summed E-state index contributed by atoms with van der Waals surface area (Å²) in [6.07, 6.45) is 6.26. The Hall–Kier alpha value is -1.35. The van der Waals surface area contributed by atoms with Crippen LogP contribution in [-0.2, 0) is 16.0 Å². The van der Waals surface area contributed by atoms with Gasteiger partial charge in [-0.25, -0.2) is 0 Å². The van der Waals surface area contributed by atoms with E-state index in [1.807, 2.05) is 25.1 Å². The molecule has 0 radical (unpaired) electrons. The van der Waals surface area contributed by atoms with E-state index in [4.69, 9.17) is 4.74 Å². The van der Waals surface area contributed by atoms with Gasteiger partial charge in [-0.1, -0.05) is 56.5 Å². The van der Waals surface area contributed by atoms with Crippen molar-refractivity contribution in [3.63, 3.8) is 0 Å². The highest BCUT2D eigenvalue weighted by Gasteiger charge is 2.14. The van der Waals surface area contributed by atoms with E-state index >= 15 is 0 Å². The molecule has 0 aliphatic rings. The number of benzene rings is 1. The molecule has 3 heteroatoms. The van der Waals surface area contributed by atoms with Crippen molar-refractivity contribution in [2.45, 2.75) is 58.4 Å². The van der Waals surface area contributed by atoms with Gasteiger partial charge in [0.1, 0.15) is 0 Å². The molecule has 3 nitrogen and oxygen atoms in total. The van der Waals surface area contributed by atoms with Crippen molar-refractivity contribution in [2.24, 2.45) is 0 Å². The third kappa shape index (κ3) is 8.51. The van der Waals surface area contributed by atoms with Crippen molar-refractivity contribution < 1.29 is 9.53 Å². The number of nitrogens with one attached hydrogen (secondary N) is 1. The van der Waals surface area contributed by atoms with Gasteiger partial charge in [0.25, 0.3) is 0 Å². The number of esters is 1. The summed E-state index contributed by atoms with van der Waals surface area (Å²) in [5, 5.41) is 3.52. The third-order valence-electron chi connectivity index (χ3n) is 3.51. The van der Waals surface area contributed by atoms with Gasteiger partial charge < -0.3 is 10.1 Å². The number of hydrogen-bond donors (Lipinski definition) is 1. The summed E-state index contributed by atoms with van der Waals surface area (Å²) >= 11 is 0. The molecule has 0 saturated heterocycles. The molecule has 0 fully saturated rings. The molecule has 1 rings (SSSR count). The average molecular weight is 291 g/mol. The Bertz CT molecular complexity index is 378. The first-order valence-corrected chi connectivity index (χ1v) is 8.19. The molecular weight excluding hydrogens is 262 g/mol. The molecule has 0 bridgehead atoms. The molecule has 0 aliphatic heterocycles. The van der Waals surface area contributed by atoms with Gasteiger partial charge in [-0.05, 0) is 31.9 Å². The maximum Gasteiger partial charge on any atom is 0.307 e. The van der Waals surface area contributed by atoms with Gasteiger partial charge in [0.05, 0.1) is 13.0 Å². The van der Waals surface area contributed by atoms with Crippen LogP contribution in [0.25, 0.3) is 0 Å². The Labute approximate surface area is 129 Å². The lowest BCUT2D eigenvalue weighted by Gasteiger charge is -2.18. The largest absolute Gasteiger partial charge is 0.466 e. The molecule has 1 atom stereocenters. The van der Waals surface area contributed by atoms with Gasteiger partial charge in [0.15, 0.2) is 0 Å². The molecule has 0 aliphatic carbocycles. The van der Waals surface area contributed by atoms with Crippen molar-refractivity contribution in [1.29, 1.82) is 0 Å². The summed E-state index contributed by atoms with van der Waals surface area (Å²) in [5.74, 6) is -0.112. The second-order valence-corrected chi connectivity index (χ2v) is 5.41. The highest BCUT2D eigenvalue weighted by atomic mass is 16.5. The van der Waals surface area contributed by atoms with Gasteiger partial charge in [-0.3, -0.25) is 4.79 Å². The lowest BCUT2D eigenvalue weighted by molar-refractivity contribution is -0.143. The van der Waals surface area contributed by atoms with Crippen molar-refractivity contribution in [2.75, 3.05) is 13.2 Å². The summed E-state index contributed by atoms with van der Waals surface area (Å²) in [6, 6.07) is 10.5. The molecule has 21 heavy (non-hydrogen) atoms. The lowest BCUT2D eigenvalue weighted by Crippen LogP contribution is -2.34. The standard InChI is InChI=1S/C18H29NO2/c1-3-5-6-10-13-19-17(15-18(20)21-4-2)14-16-11-8-7-9-12-16/h7-9,11-12,17,19H,3-6,10,13-15H2,1-2H3. The molecule has 1 aromatic carbocycles. The average Bonchev–Trinajstić information content (AvgIpc) is 2.48. The zero-order valence-electron chi connectivity index (χ0n) is 13.4. The summed E-state index contributed by atoms with van der Waals surface area (Å²) in [4.78, 5) is 11.7. The predicted molar refractivity (Wildman–Crippen MR) is 87.3 cm³/mol. The molecule has 1 unspecified atom stereocenters. The van der Waals surface area contributed by atoms with Crippen molar-refractivity contribution >= 4 is 5.97 Å². The zero-order chi connectivity index (χ0) is 15.3. The van der Waals surface area contributed by atoms with Crippen LogP contribution in [0.2, 0.25) is 0 Å². The molecule has 1 aromatic rings. The Balaban J connectivity index is 2.43. The monoisotopic (exact) mass is 291 g/mol. The van der Waals surface area contributed by atoms with Crippen LogP contribution in [0.3, 0.4) is 0 Å². The Morgan fingerprint density at radius 2 is 1.90 bits per heavy atom. The normalized spacial score (nSPS) is 12.1. The second kappa shape index (κ2) is 11.3. The van der Waals surface area contributed by atoms with E-state index in [9.17, 15) is 4.79 Å². The second-order valence-electron chi connectivity index (χ2n) is 5.41. The Kier molecular flexibility index (Phi) is 9.55. The van der Waals surface area contributed by atoms with E-state index in [1.54, 1.807) is 0 Å². The van der Waals surface area contributed by atoms with Gasteiger partial charge in [0, 0.05) is 6.04 Å². The number of carbonyl (C=O) groups excluding carboxylic acids is 1. The first kappa shape index (κ1) is 17.7. The summed E-state index contributed by atoms with van der Waals surface area (Å²) in [6.45, 7) is 5.49. The van der Waals surface area contributed by atoms with E-state index in [1.165, 1.54) is 31.2 Å². The van der Waals surface area contributed by atoms with Gasteiger partial charge >= 0.3 is 5.97 Å². The topological polar surface area (TPSA) is 38.3 Å². The van der Waals surface area contributed by atoms with Gasteiger partial charge in [0.2, 0.25) is 0 Å². The molecule has 118 valence electrons. The summed E-state index contributed by atoms with van der Waals surface area (Å²) in [5.41, 5.74) is 1.26. The third-order valence-corrected chi connectivity index (χ3v) is 3.51. The van der Waals surface area contributed by atoms with Crippen LogP contribution in [0, 0.1) is 0 Å². The number of ether oxygens (including phenoxy) is 1. The van der Waals surface area contributed by atoms with Crippen LogP contribution in [0.1, 0.15) is 51.5 Å². The Morgan fingerprint density at radius 1 is 1.14 bits per heavy atom. The molecule has 0 amide bonds. The van der Waals surface area contributed by atoms with E-state index in [-0.39, 0.29) is 12.0 Å². The fraction of sp³-hybridized carbons (Fsp3) is 0.611. The first-order valence-electron chi connectivity index (χ1n) is 8.19. The first-order chi connectivity index (χ1) is 10.3. The fourth-order valence-electron chi connectivity index (χ4n) is 2.39. The molecular formula is C18H29NO2. The molecule has 0 saturated carbocycles. The number of hydrogen-bond acceptors (Lipinski definition) is 3. The van der Waals surface area contributed by atoms with Gasteiger partial charge in [-0.15, -0.1) is 0 Å². The predicted octanol–water partition coefficient (Wildman–Crippen LogP) is 3.72. The minimum Gasteiger partial charge on any atom is -0.466 e. The van der Waals surface area contributed by atoms with Crippen LogP contribution in [0.5, 0.6) is 0 Å². The SMILES string of the molecule is CCCCCCNC(CC(=O)OCC)Cc1ccccc1.